The van der Waals surface area contributed by atoms with E-state index in [2.05, 4.69) is 62.5 Å². The van der Waals surface area contributed by atoms with E-state index >= 15 is 0 Å². The molecule has 0 amide bonds. The summed E-state index contributed by atoms with van der Waals surface area (Å²) in [5, 5.41) is 8.94. The van der Waals surface area contributed by atoms with E-state index in [0.29, 0.717) is 11.9 Å². The van der Waals surface area contributed by atoms with Gasteiger partial charge in [-0.3, -0.25) is 0 Å². The topological polar surface area (TPSA) is 34.0 Å². The lowest BCUT2D eigenvalue weighted by atomic mass is 9.84. The highest BCUT2D eigenvalue weighted by Gasteiger charge is 2.35. The number of benzene rings is 1. The lowest BCUT2D eigenvalue weighted by molar-refractivity contribution is 0.0504. The molecule has 142 valence electrons. The predicted octanol–water partition coefficient (Wildman–Crippen LogP) is 5.10. The highest BCUT2D eigenvalue weighted by atomic mass is 35.5. The maximum Gasteiger partial charge on any atom is 0.123 e. The zero-order valence-corrected chi connectivity index (χ0v) is 17.3. The molecule has 0 saturated carbocycles. The first kappa shape index (κ1) is 18.9. The molecule has 6 rings (SSSR count). The third-order valence-electron chi connectivity index (χ3n) is 5.72. The van der Waals surface area contributed by atoms with E-state index in [4.69, 9.17) is 11.6 Å². The minimum atomic E-state index is 0. The van der Waals surface area contributed by atoms with Crippen molar-refractivity contribution >= 4 is 35.3 Å². The molecule has 4 nitrogen and oxygen atoms in total. The average molecular weight is 421 g/mol. The number of piperidine rings is 3. The van der Waals surface area contributed by atoms with Gasteiger partial charge in [-0.1, -0.05) is 29.5 Å². The molecule has 0 unspecified atom stereocenters. The quantitative estimate of drug-likeness (QED) is 0.550. The summed E-state index contributed by atoms with van der Waals surface area (Å²) in [6.07, 6.45) is 4.72. The summed E-state index contributed by atoms with van der Waals surface area (Å²) in [5.74, 6) is 1.31. The third kappa shape index (κ3) is 3.66. The summed E-state index contributed by atoms with van der Waals surface area (Å²) < 4.78 is 2.11. The lowest BCUT2D eigenvalue weighted by Gasteiger charge is -2.44. The zero-order valence-electron chi connectivity index (χ0n) is 14.9. The Bertz CT molecular complexity index is 897. The molecule has 3 aliphatic heterocycles. The average Bonchev–Trinajstić information content (AvgIpc) is 3.38. The highest BCUT2D eigenvalue weighted by Crippen LogP contribution is 2.37. The number of fused-ring (bicyclic) bond motifs is 3. The van der Waals surface area contributed by atoms with Crippen molar-refractivity contribution in [2.24, 2.45) is 5.92 Å². The summed E-state index contributed by atoms with van der Waals surface area (Å²) in [7, 11) is 0. The molecule has 3 saturated heterocycles. The van der Waals surface area contributed by atoms with Crippen LogP contribution in [0.1, 0.15) is 24.4 Å². The Morgan fingerprint density at radius 3 is 2.44 bits per heavy atom. The van der Waals surface area contributed by atoms with E-state index in [0.717, 1.165) is 23.7 Å². The fourth-order valence-corrected chi connectivity index (χ4v) is 5.31. The molecular formula is C20H22Cl2N4S. The first-order chi connectivity index (χ1) is 12.8. The van der Waals surface area contributed by atoms with Crippen LogP contribution >= 0.6 is 35.3 Å². The number of hydrogen-bond acceptors (Lipinski definition) is 4. The predicted molar refractivity (Wildman–Crippen MR) is 114 cm³/mol. The maximum atomic E-state index is 5.88. The Kier molecular flexibility index (Phi) is 5.55. The van der Waals surface area contributed by atoms with Gasteiger partial charge in [0, 0.05) is 17.3 Å². The van der Waals surface area contributed by atoms with Crippen molar-refractivity contribution in [3.63, 3.8) is 0 Å². The molecule has 0 radical (unpaired) electrons. The summed E-state index contributed by atoms with van der Waals surface area (Å²) in [6, 6.07) is 13.3. The van der Waals surface area contributed by atoms with E-state index in [-0.39, 0.29) is 12.4 Å². The maximum absolute atomic E-state index is 5.88. The number of thiophene rings is 1. The van der Waals surface area contributed by atoms with Crippen LogP contribution in [0.25, 0.3) is 21.0 Å². The Labute approximate surface area is 174 Å². The summed E-state index contributed by atoms with van der Waals surface area (Å²) in [6.45, 7) is 3.62. The van der Waals surface area contributed by atoms with Gasteiger partial charge in [0.05, 0.1) is 17.1 Å². The van der Waals surface area contributed by atoms with Crippen LogP contribution < -0.4 is 0 Å². The fraction of sp³-hybridized carbons (Fsp3) is 0.400. The van der Waals surface area contributed by atoms with E-state index in [1.54, 1.807) is 11.3 Å². The van der Waals surface area contributed by atoms with E-state index in [9.17, 15) is 0 Å². The summed E-state index contributed by atoms with van der Waals surface area (Å²) in [5.41, 5.74) is 3.35. The summed E-state index contributed by atoms with van der Waals surface area (Å²) in [4.78, 5) is 4.98. The minimum absolute atomic E-state index is 0. The molecule has 1 aromatic carbocycles. The third-order valence-corrected chi connectivity index (χ3v) is 7.19. The smallest absolute Gasteiger partial charge is 0.123 e. The number of halogens is 2. The second kappa shape index (κ2) is 7.92. The standard InChI is InChI=1S/C20H21ClN4S.ClH/c21-11-14-1-3-16(4-2-14)19-5-6-20(26-19)17-12-25(23-22-17)18-13-24-9-7-15(18)8-10-24;/h1-6,12,15,18H,7-11,13H2;1H/t18-;/m0./s1. The Balaban J connectivity index is 0.00000180. The molecule has 3 aromatic rings. The van der Waals surface area contributed by atoms with Gasteiger partial charge in [-0.15, -0.1) is 40.4 Å². The first-order valence-electron chi connectivity index (χ1n) is 9.20. The normalized spacial score (nSPS) is 24.0. The summed E-state index contributed by atoms with van der Waals surface area (Å²) >= 11 is 7.65. The van der Waals surface area contributed by atoms with E-state index in [1.165, 1.54) is 41.2 Å². The van der Waals surface area contributed by atoms with Crippen molar-refractivity contribution in [3.05, 3.63) is 48.2 Å². The second-order valence-corrected chi connectivity index (χ2v) is 8.63. The Morgan fingerprint density at radius 2 is 1.78 bits per heavy atom. The van der Waals surface area contributed by atoms with Crippen LogP contribution in [0.15, 0.2) is 42.6 Å². The SMILES string of the molecule is Cl.ClCc1ccc(-c2ccc(-c3cn([C@H]4CN5CCC4CC5)nn3)s2)cc1. The molecule has 2 bridgehead atoms. The Hall–Kier alpha value is -1.40. The van der Waals surface area contributed by atoms with Crippen LogP contribution in [-0.2, 0) is 5.88 Å². The Morgan fingerprint density at radius 1 is 1.04 bits per heavy atom. The van der Waals surface area contributed by atoms with Crippen molar-refractivity contribution in [3.8, 4) is 21.0 Å². The van der Waals surface area contributed by atoms with Gasteiger partial charge in [0.25, 0.3) is 0 Å². The first-order valence-corrected chi connectivity index (χ1v) is 10.5. The number of hydrogen-bond donors (Lipinski definition) is 0. The fourth-order valence-electron chi connectivity index (χ4n) is 4.17. The van der Waals surface area contributed by atoms with E-state index < -0.39 is 0 Å². The molecule has 0 spiro atoms. The van der Waals surface area contributed by atoms with Crippen molar-refractivity contribution < 1.29 is 0 Å². The van der Waals surface area contributed by atoms with Gasteiger partial charge in [-0.2, -0.15) is 0 Å². The minimum Gasteiger partial charge on any atom is -0.301 e. The van der Waals surface area contributed by atoms with E-state index in [1.807, 2.05) is 0 Å². The van der Waals surface area contributed by atoms with Crippen molar-refractivity contribution in [2.45, 2.75) is 24.8 Å². The van der Waals surface area contributed by atoms with Crippen molar-refractivity contribution in [1.82, 2.24) is 19.9 Å². The molecule has 0 N–H and O–H groups in total. The number of nitrogens with zero attached hydrogens (tertiary/aromatic N) is 4. The van der Waals surface area contributed by atoms with Gasteiger partial charge in [0.15, 0.2) is 0 Å². The highest BCUT2D eigenvalue weighted by molar-refractivity contribution is 7.18. The molecule has 2 aromatic heterocycles. The van der Waals surface area contributed by atoms with Crippen molar-refractivity contribution in [2.75, 3.05) is 19.6 Å². The molecule has 0 aliphatic carbocycles. The largest absolute Gasteiger partial charge is 0.301 e. The molecule has 27 heavy (non-hydrogen) atoms. The van der Waals surface area contributed by atoms with Crippen LogP contribution in [0.3, 0.4) is 0 Å². The van der Waals surface area contributed by atoms with Crippen LogP contribution in [0.4, 0.5) is 0 Å². The number of alkyl halides is 1. The molecule has 3 aliphatic rings. The lowest BCUT2D eigenvalue weighted by Crippen LogP contribution is -2.48. The van der Waals surface area contributed by atoms with Crippen LogP contribution in [0.2, 0.25) is 0 Å². The van der Waals surface area contributed by atoms with Crippen LogP contribution in [0.5, 0.6) is 0 Å². The number of aromatic nitrogens is 3. The van der Waals surface area contributed by atoms with Crippen LogP contribution in [-0.4, -0.2) is 39.5 Å². The number of rotatable bonds is 4. The van der Waals surface area contributed by atoms with Gasteiger partial charge < -0.3 is 4.90 Å². The molecule has 3 fully saturated rings. The van der Waals surface area contributed by atoms with Crippen molar-refractivity contribution in [1.29, 1.82) is 0 Å². The van der Waals surface area contributed by atoms with Gasteiger partial charge in [-0.25, -0.2) is 4.68 Å². The molecule has 5 heterocycles. The monoisotopic (exact) mass is 420 g/mol. The van der Waals surface area contributed by atoms with Gasteiger partial charge in [-0.05, 0) is 55.1 Å². The molecule has 1 atom stereocenters. The molecule has 7 heteroatoms. The van der Waals surface area contributed by atoms with Gasteiger partial charge >= 0.3 is 0 Å². The van der Waals surface area contributed by atoms with Gasteiger partial charge in [0.2, 0.25) is 0 Å². The van der Waals surface area contributed by atoms with Crippen LogP contribution in [0, 0.1) is 5.92 Å². The second-order valence-electron chi connectivity index (χ2n) is 7.28. The molecular weight excluding hydrogens is 399 g/mol. The zero-order chi connectivity index (χ0) is 17.5. The van der Waals surface area contributed by atoms with Gasteiger partial charge in [0.1, 0.15) is 5.69 Å².